The van der Waals surface area contributed by atoms with Gasteiger partial charge < -0.3 is 35.0 Å². The number of esters is 1. The number of quaternary nitrogens is 1. The number of carbonyl (C=O) groups is 5. The molecule has 13 nitrogen and oxygen atoms in total. The molecule has 0 spiro atoms. The summed E-state index contributed by atoms with van der Waals surface area (Å²) >= 11 is 0. The standard InChI is InChI=1S/C29H53N3O10/c1-2-3-4-5-6-7-8-9-10-11-12-14-29(41)42-20-13-16-31(22-26(35)36)17-19-32(23-27(37)38,24-28(39)40)18-15-30-21-25(33)34/h30H,2-24H2,1H3,(H3-,33,34,35,36,37,38,39,40)/p+1. The number of aliphatic carboxylic acids is 4. The van der Waals surface area contributed by atoms with E-state index in [1.165, 1.54) is 51.4 Å². The average molecular weight is 605 g/mol. The Balaban J connectivity index is 4.54. The van der Waals surface area contributed by atoms with Crippen LogP contribution < -0.4 is 5.32 Å². The van der Waals surface area contributed by atoms with Crippen LogP contribution in [-0.4, -0.2) is 125 Å². The fourth-order valence-electron chi connectivity index (χ4n) is 4.86. The largest absolute Gasteiger partial charge is 0.480 e. The summed E-state index contributed by atoms with van der Waals surface area (Å²) in [5.74, 6) is -4.92. The maximum absolute atomic E-state index is 12.1. The van der Waals surface area contributed by atoms with Gasteiger partial charge in [-0.2, -0.15) is 0 Å². The summed E-state index contributed by atoms with van der Waals surface area (Å²) in [6.45, 7) is 1.09. The molecule has 42 heavy (non-hydrogen) atoms. The van der Waals surface area contributed by atoms with Crippen molar-refractivity contribution in [2.24, 2.45) is 0 Å². The van der Waals surface area contributed by atoms with E-state index in [1.807, 2.05) is 0 Å². The Labute approximate surface area is 249 Å². The smallest absolute Gasteiger partial charge is 0.359 e. The molecule has 0 heterocycles. The van der Waals surface area contributed by atoms with Crippen molar-refractivity contribution in [3.05, 3.63) is 0 Å². The molecule has 0 radical (unpaired) electrons. The molecule has 0 atom stereocenters. The lowest BCUT2D eigenvalue weighted by Gasteiger charge is -2.37. The molecule has 0 amide bonds. The van der Waals surface area contributed by atoms with Gasteiger partial charge in [0.05, 0.1) is 32.8 Å². The Morgan fingerprint density at radius 1 is 0.667 bits per heavy atom. The van der Waals surface area contributed by atoms with Crippen molar-refractivity contribution in [2.45, 2.75) is 90.4 Å². The maximum atomic E-state index is 12.1. The van der Waals surface area contributed by atoms with Crippen molar-refractivity contribution < 1.29 is 53.6 Å². The summed E-state index contributed by atoms with van der Waals surface area (Å²) < 4.78 is 4.91. The number of nitrogens with zero attached hydrogens (tertiary/aromatic N) is 2. The molecule has 0 saturated carbocycles. The lowest BCUT2D eigenvalue weighted by molar-refractivity contribution is -0.913. The Kier molecular flexibility index (Phi) is 23.2. The number of carbonyl (C=O) groups excluding carboxylic acids is 1. The molecule has 5 N–H and O–H groups in total. The van der Waals surface area contributed by atoms with Crippen LogP contribution in [0.2, 0.25) is 0 Å². The molecular weight excluding hydrogens is 550 g/mol. The SMILES string of the molecule is CCCCCCCCCCCCCC(=O)OCCCN(CC[N+](CCNCC(=O)O)(CC(=O)O)CC(=O)O)CC(=O)O. The molecule has 13 heteroatoms. The van der Waals surface area contributed by atoms with E-state index in [1.54, 1.807) is 4.90 Å². The minimum Gasteiger partial charge on any atom is -0.480 e. The lowest BCUT2D eigenvalue weighted by atomic mass is 10.1. The molecule has 0 aliphatic rings. The normalized spacial score (nSPS) is 11.5. The first-order chi connectivity index (χ1) is 20.0. The Morgan fingerprint density at radius 2 is 1.21 bits per heavy atom. The van der Waals surface area contributed by atoms with Crippen LogP contribution in [-0.2, 0) is 28.7 Å². The van der Waals surface area contributed by atoms with Crippen molar-refractivity contribution in [3.63, 3.8) is 0 Å². The second-order valence-corrected chi connectivity index (χ2v) is 11.0. The molecule has 0 aromatic carbocycles. The van der Waals surface area contributed by atoms with Crippen molar-refractivity contribution in [3.8, 4) is 0 Å². The topological polar surface area (TPSA) is 191 Å². The summed E-state index contributed by atoms with van der Waals surface area (Å²) in [4.78, 5) is 58.9. The summed E-state index contributed by atoms with van der Waals surface area (Å²) in [5.41, 5.74) is 0. The van der Waals surface area contributed by atoms with Crippen LogP contribution in [0, 0.1) is 0 Å². The van der Waals surface area contributed by atoms with Crippen LogP contribution in [0.1, 0.15) is 90.4 Å². The van der Waals surface area contributed by atoms with Crippen molar-refractivity contribution in [1.29, 1.82) is 0 Å². The molecule has 0 aliphatic carbocycles. The van der Waals surface area contributed by atoms with E-state index < -0.39 is 37.0 Å². The first kappa shape index (κ1) is 39.2. The molecule has 0 saturated heterocycles. The Bertz CT molecular complexity index is 778. The lowest BCUT2D eigenvalue weighted by Crippen LogP contribution is -2.59. The fraction of sp³-hybridized carbons (Fsp3) is 0.828. The van der Waals surface area contributed by atoms with Crippen LogP contribution in [0.25, 0.3) is 0 Å². The highest BCUT2D eigenvalue weighted by Crippen LogP contribution is 2.12. The van der Waals surface area contributed by atoms with E-state index in [4.69, 9.17) is 9.84 Å². The van der Waals surface area contributed by atoms with Gasteiger partial charge in [0.2, 0.25) is 0 Å². The summed E-state index contributed by atoms with van der Waals surface area (Å²) in [6.07, 6.45) is 13.8. The number of ether oxygens (including phenoxy) is 1. The third-order valence-electron chi connectivity index (χ3n) is 7.10. The predicted molar refractivity (Wildman–Crippen MR) is 156 cm³/mol. The zero-order valence-electron chi connectivity index (χ0n) is 25.4. The van der Waals surface area contributed by atoms with Gasteiger partial charge in [-0.25, -0.2) is 9.59 Å². The first-order valence-electron chi connectivity index (χ1n) is 15.3. The molecular formula is C29H54N3O10+. The molecule has 0 bridgehead atoms. The minimum atomic E-state index is -1.22. The maximum Gasteiger partial charge on any atom is 0.359 e. The van der Waals surface area contributed by atoms with E-state index in [-0.39, 0.29) is 62.9 Å². The van der Waals surface area contributed by atoms with Gasteiger partial charge in [0, 0.05) is 26.1 Å². The molecule has 0 aromatic rings. The van der Waals surface area contributed by atoms with Gasteiger partial charge in [0.1, 0.15) is 0 Å². The van der Waals surface area contributed by atoms with Crippen molar-refractivity contribution >= 4 is 29.8 Å². The van der Waals surface area contributed by atoms with Gasteiger partial charge in [0.15, 0.2) is 13.1 Å². The summed E-state index contributed by atoms with van der Waals surface area (Å²) in [5, 5.41) is 39.6. The minimum absolute atomic E-state index is 0.0271. The zero-order valence-corrected chi connectivity index (χ0v) is 25.4. The molecule has 244 valence electrons. The van der Waals surface area contributed by atoms with Gasteiger partial charge in [-0.1, -0.05) is 71.1 Å². The highest BCUT2D eigenvalue weighted by Gasteiger charge is 2.33. The predicted octanol–water partition coefficient (Wildman–Crippen LogP) is 2.67. The molecule has 0 unspecified atom stereocenters. The molecule has 0 fully saturated rings. The third kappa shape index (κ3) is 23.9. The number of carboxylic acid groups (broad SMARTS) is 4. The van der Waals surface area contributed by atoms with Gasteiger partial charge >= 0.3 is 29.8 Å². The second-order valence-electron chi connectivity index (χ2n) is 11.0. The van der Waals surface area contributed by atoms with E-state index >= 15 is 0 Å². The Morgan fingerprint density at radius 3 is 1.71 bits per heavy atom. The zero-order chi connectivity index (χ0) is 31.6. The molecule has 0 aliphatic heterocycles. The van der Waals surface area contributed by atoms with Crippen LogP contribution in [0.5, 0.6) is 0 Å². The van der Waals surface area contributed by atoms with Crippen LogP contribution in [0.15, 0.2) is 0 Å². The van der Waals surface area contributed by atoms with E-state index in [0.717, 1.165) is 19.3 Å². The first-order valence-corrected chi connectivity index (χ1v) is 15.3. The Hall–Kier alpha value is -2.77. The second kappa shape index (κ2) is 24.8. The van der Waals surface area contributed by atoms with E-state index in [9.17, 15) is 39.3 Å². The van der Waals surface area contributed by atoms with E-state index in [2.05, 4.69) is 12.2 Å². The van der Waals surface area contributed by atoms with Crippen molar-refractivity contribution in [1.82, 2.24) is 10.2 Å². The van der Waals surface area contributed by atoms with Gasteiger partial charge in [-0.05, 0) is 12.8 Å². The number of hydrogen-bond acceptors (Lipinski definition) is 8. The van der Waals surface area contributed by atoms with Crippen LogP contribution >= 0.6 is 0 Å². The number of carboxylic acids is 4. The number of rotatable bonds is 30. The van der Waals surface area contributed by atoms with Gasteiger partial charge in [0.25, 0.3) is 0 Å². The summed E-state index contributed by atoms with van der Waals surface area (Å²) in [7, 11) is 0. The highest BCUT2D eigenvalue weighted by atomic mass is 16.5. The van der Waals surface area contributed by atoms with Crippen LogP contribution in [0.3, 0.4) is 0 Å². The van der Waals surface area contributed by atoms with Crippen LogP contribution in [0.4, 0.5) is 0 Å². The van der Waals surface area contributed by atoms with Gasteiger partial charge in [-0.15, -0.1) is 0 Å². The molecule has 0 aromatic heterocycles. The highest BCUT2D eigenvalue weighted by molar-refractivity contribution is 5.71. The number of unbranched alkanes of at least 4 members (excludes halogenated alkanes) is 10. The molecule has 0 rings (SSSR count). The quantitative estimate of drug-likeness (QED) is 0.0458. The number of hydrogen-bond donors (Lipinski definition) is 5. The number of nitrogens with one attached hydrogen (secondary N) is 1. The van der Waals surface area contributed by atoms with Gasteiger partial charge in [-0.3, -0.25) is 19.3 Å². The average Bonchev–Trinajstić information content (AvgIpc) is 2.89. The summed E-state index contributed by atoms with van der Waals surface area (Å²) in [6, 6.07) is 0. The monoisotopic (exact) mass is 604 g/mol. The van der Waals surface area contributed by atoms with Crippen molar-refractivity contribution in [2.75, 3.05) is 65.5 Å². The third-order valence-corrected chi connectivity index (χ3v) is 7.10. The fourth-order valence-corrected chi connectivity index (χ4v) is 4.86. The van der Waals surface area contributed by atoms with E-state index in [0.29, 0.717) is 12.8 Å².